The van der Waals surface area contributed by atoms with Gasteiger partial charge in [0.2, 0.25) is 5.76 Å². The number of nitrogens with zero attached hydrogens (tertiary/aromatic N) is 2. The summed E-state index contributed by atoms with van der Waals surface area (Å²) in [4.78, 5) is 13.1. The van der Waals surface area contributed by atoms with Crippen LogP contribution in [0.3, 0.4) is 0 Å². The zero-order chi connectivity index (χ0) is 16.7. The maximum Gasteiger partial charge on any atom is 0.419 e. The highest BCUT2D eigenvalue weighted by Crippen LogP contribution is 2.38. The number of rotatable bonds is 2. The lowest BCUT2D eigenvalue weighted by Crippen LogP contribution is -2.48. The summed E-state index contributed by atoms with van der Waals surface area (Å²) in [6.07, 6.45) is -5.33. The summed E-state index contributed by atoms with van der Waals surface area (Å²) in [6, 6.07) is 10.3. The van der Waals surface area contributed by atoms with Crippen molar-refractivity contribution in [2.45, 2.75) is 18.2 Å². The highest BCUT2D eigenvalue weighted by Gasteiger charge is 2.58. The van der Waals surface area contributed by atoms with Crippen LogP contribution in [0.2, 0.25) is 0 Å². The van der Waals surface area contributed by atoms with Crippen LogP contribution in [0.1, 0.15) is 17.0 Å². The number of halogens is 3. The molecule has 0 spiro atoms. The van der Waals surface area contributed by atoms with Crippen molar-refractivity contribution in [1.29, 1.82) is 0 Å². The molecule has 1 aliphatic rings. The molecule has 1 aliphatic heterocycles. The van der Waals surface area contributed by atoms with E-state index in [1.165, 1.54) is 6.07 Å². The average Bonchev–Trinajstić information content (AvgIpc) is 3.14. The van der Waals surface area contributed by atoms with Gasteiger partial charge in [-0.3, -0.25) is 4.79 Å². The predicted molar refractivity (Wildman–Crippen MR) is 73.5 cm³/mol. The Hall–Kier alpha value is -2.35. The highest BCUT2D eigenvalue weighted by molar-refractivity contribution is 5.92. The molecule has 2 aromatic rings. The minimum absolute atomic E-state index is 0.157. The standard InChI is InChI=1S/C15H13F3N2O3/c16-15(17,18)14(22)6-7-20(9-14)13(21)12-8-11(19-23-12)10-4-2-1-3-5-10/h1-5,8,22H,6-7,9H2. The van der Waals surface area contributed by atoms with Gasteiger partial charge in [0, 0.05) is 24.6 Å². The Morgan fingerprint density at radius 1 is 1.30 bits per heavy atom. The van der Waals surface area contributed by atoms with Gasteiger partial charge in [-0.1, -0.05) is 35.5 Å². The van der Waals surface area contributed by atoms with Crippen LogP contribution in [-0.2, 0) is 0 Å². The Labute approximate surface area is 129 Å². The molecule has 2 heterocycles. The summed E-state index contributed by atoms with van der Waals surface area (Å²) < 4.78 is 43.3. The Bertz CT molecular complexity index is 714. The number of aliphatic hydroxyl groups is 1. The second-order valence-electron chi connectivity index (χ2n) is 5.45. The van der Waals surface area contributed by atoms with Gasteiger partial charge in [0.15, 0.2) is 5.60 Å². The van der Waals surface area contributed by atoms with Crippen molar-refractivity contribution in [2.24, 2.45) is 0 Å². The molecule has 1 saturated heterocycles. The van der Waals surface area contributed by atoms with E-state index in [-0.39, 0.29) is 12.3 Å². The summed E-state index contributed by atoms with van der Waals surface area (Å²) in [5.74, 6) is -0.880. The Morgan fingerprint density at radius 3 is 2.61 bits per heavy atom. The molecule has 1 fully saturated rings. The van der Waals surface area contributed by atoms with Crippen molar-refractivity contribution in [3.8, 4) is 11.3 Å². The first-order chi connectivity index (χ1) is 10.8. The fourth-order valence-corrected chi connectivity index (χ4v) is 2.48. The van der Waals surface area contributed by atoms with Gasteiger partial charge < -0.3 is 14.5 Å². The smallest absolute Gasteiger partial charge is 0.379 e. The molecule has 0 radical (unpaired) electrons. The first-order valence-electron chi connectivity index (χ1n) is 6.91. The molecular weight excluding hydrogens is 313 g/mol. The number of alkyl halides is 3. The second kappa shape index (κ2) is 5.38. The summed E-state index contributed by atoms with van der Waals surface area (Å²) in [5.41, 5.74) is -1.73. The van der Waals surface area contributed by atoms with E-state index in [0.29, 0.717) is 5.69 Å². The number of benzene rings is 1. The number of carbonyl (C=O) groups is 1. The second-order valence-corrected chi connectivity index (χ2v) is 5.45. The molecule has 0 bridgehead atoms. The molecule has 8 heteroatoms. The van der Waals surface area contributed by atoms with E-state index in [4.69, 9.17) is 4.52 Å². The van der Waals surface area contributed by atoms with Crippen LogP contribution in [0.4, 0.5) is 13.2 Å². The third-order valence-corrected chi connectivity index (χ3v) is 3.85. The molecule has 1 unspecified atom stereocenters. The molecule has 3 rings (SSSR count). The SMILES string of the molecule is O=C(c1cc(-c2ccccc2)no1)N1CCC(O)(C(F)(F)F)C1. The van der Waals surface area contributed by atoms with E-state index >= 15 is 0 Å². The zero-order valence-electron chi connectivity index (χ0n) is 11.9. The number of carbonyl (C=O) groups excluding carboxylic acids is 1. The molecule has 0 aliphatic carbocycles. The van der Waals surface area contributed by atoms with Crippen molar-refractivity contribution in [1.82, 2.24) is 10.1 Å². The van der Waals surface area contributed by atoms with Crippen molar-refractivity contribution in [3.63, 3.8) is 0 Å². The lowest BCUT2D eigenvalue weighted by atomic mass is 10.0. The van der Waals surface area contributed by atoms with E-state index in [1.807, 2.05) is 6.07 Å². The van der Waals surface area contributed by atoms with E-state index in [1.54, 1.807) is 24.3 Å². The third kappa shape index (κ3) is 2.81. The summed E-state index contributed by atoms with van der Waals surface area (Å²) in [6.45, 7) is -1.01. The predicted octanol–water partition coefficient (Wildman–Crippen LogP) is 2.48. The van der Waals surface area contributed by atoms with Crippen LogP contribution in [0.25, 0.3) is 11.3 Å². The number of amides is 1. The van der Waals surface area contributed by atoms with E-state index in [0.717, 1.165) is 10.5 Å². The zero-order valence-corrected chi connectivity index (χ0v) is 11.9. The Kier molecular flexibility index (Phi) is 3.63. The molecule has 1 aromatic heterocycles. The lowest BCUT2D eigenvalue weighted by molar-refractivity contribution is -0.253. The first-order valence-corrected chi connectivity index (χ1v) is 6.91. The van der Waals surface area contributed by atoms with E-state index < -0.39 is 30.7 Å². The summed E-state index contributed by atoms with van der Waals surface area (Å²) in [5, 5.41) is 13.4. The molecule has 122 valence electrons. The van der Waals surface area contributed by atoms with Gasteiger partial charge in [-0.15, -0.1) is 0 Å². The van der Waals surface area contributed by atoms with Crippen LogP contribution in [0.5, 0.6) is 0 Å². The van der Waals surface area contributed by atoms with Crippen LogP contribution in [0, 0.1) is 0 Å². The quantitative estimate of drug-likeness (QED) is 0.921. The third-order valence-electron chi connectivity index (χ3n) is 3.85. The maximum atomic E-state index is 12.8. The monoisotopic (exact) mass is 326 g/mol. The summed E-state index contributed by atoms with van der Waals surface area (Å²) >= 11 is 0. The van der Waals surface area contributed by atoms with E-state index in [2.05, 4.69) is 5.16 Å². The fraction of sp³-hybridized carbons (Fsp3) is 0.333. The fourth-order valence-electron chi connectivity index (χ4n) is 2.48. The number of likely N-dealkylation sites (tertiary alicyclic amines) is 1. The van der Waals surface area contributed by atoms with Crippen LogP contribution in [0.15, 0.2) is 40.9 Å². The van der Waals surface area contributed by atoms with Crippen molar-refractivity contribution in [2.75, 3.05) is 13.1 Å². The number of aromatic nitrogens is 1. The van der Waals surface area contributed by atoms with Crippen LogP contribution in [-0.4, -0.2) is 45.9 Å². The van der Waals surface area contributed by atoms with Gasteiger partial charge in [-0.05, 0) is 0 Å². The van der Waals surface area contributed by atoms with Gasteiger partial charge in [0.25, 0.3) is 5.91 Å². The van der Waals surface area contributed by atoms with Gasteiger partial charge >= 0.3 is 6.18 Å². The first kappa shape index (κ1) is 15.5. The summed E-state index contributed by atoms with van der Waals surface area (Å²) in [7, 11) is 0. The number of hydrogen-bond acceptors (Lipinski definition) is 4. The maximum absolute atomic E-state index is 12.8. The van der Waals surface area contributed by atoms with Crippen molar-refractivity contribution >= 4 is 5.91 Å². The average molecular weight is 326 g/mol. The van der Waals surface area contributed by atoms with Crippen molar-refractivity contribution < 1.29 is 27.6 Å². The molecule has 1 atom stereocenters. The van der Waals surface area contributed by atoms with Crippen LogP contribution >= 0.6 is 0 Å². The van der Waals surface area contributed by atoms with Crippen molar-refractivity contribution in [3.05, 3.63) is 42.2 Å². The van der Waals surface area contributed by atoms with Crippen LogP contribution < -0.4 is 0 Å². The molecule has 0 saturated carbocycles. The lowest BCUT2D eigenvalue weighted by Gasteiger charge is -2.25. The Morgan fingerprint density at radius 2 is 2.00 bits per heavy atom. The molecule has 1 aromatic carbocycles. The molecular formula is C15H13F3N2O3. The minimum atomic E-state index is -4.78. The normalized spacial score (nSPS) is 21.7. The Balaban J connectivity index is 1.77. The number of β-amino-alcohol motifs (C(OH)–C–C–N with tert-alkyl or cyclic N) is 1. The number of hydrogen-bond donors (Lipinski definition) is 1. The van der Waals surface area contributed by atoms with Gasteiger partial charge in [0.05, 0.1) is 6.54 Å². The minimum Gasteiger partial charge on any atom is -0.379 e. The highest BCUT2D eigenvalue weighted by atomic mass is 19.4. The molecule has 1 N–H and O–H groups in total. The van der Waals surface area contributed by atoms with E-state index in [9.17, 15) is 23.1 Å². The van der Waals surface area contributed by atoms with Gasteiger partial charge in [-0.2, -0.15) is 13.2 Å². The topological polar surface area (TPSA) is 66.6 Å². The van der Waals surface area contributed by atoms with Gasteiger partial charge in [0.1, 0.15) is 5.69 Å². The largest absolute Gasteiger partial charge is 0.419 e. The molecule has 5 nitrogen and oxygen atoms in total. The molecule has 1 amide bonds. The molecule has 23 heavy (non-hydrogen) atoms. The van der Waals surface area contributed by atoms with Gasteiger partial charge in [-0.25, -0.2) is 0 Å².